The lowest BCUT2D eigenvalue weighted by molar-refractivity contribution is -0.173. The van der Waals surface area contributed by atoms with Crippen LogP contribution in [0.2, 0.25) is 0 Å². The molecule has 0 N–H and O–H groups in total. The molecule has 0 aliphatic carbocycles. The molecule has 0 fully saturated rings. The predicted molar refractivity (Wildman–Crippen MR) is 146 cm³/mol. The van der Waals surface area contributed by atoms with Crippen molar-refractivity contribution in [2.45, 2.75) is 30.6 Å². The number of para-hydroxylation sites is 2. The maximum absolute atomic E-state index is 14.0. The Morgan fingerprint density at radius 2 is 1.51 bits per heavy atom. The second-order valence-electron chi connectivity index (χ2n) is 9.48. The van der Waals surface area contributed by atoms with Crippen molar-refractivity contribution in [2.75, 3.05) is 10.8 Å². The van der Waals surface area contributed by atoms with Gasteiger partial charge >= 0.3 is 0 Å². The van der Waals surface area contributed by atoms with Crippen molar-refractivity contribution >= 4 is 27.4 Å². The third kappa shape index (κ3) is 3.93. The van der Waals surface area contributed by atoms with E-state index in [1.54, 1.807) is 12.1 Å². The summed E-state index contributed by atoms with van der Waals surface area (Å²) >= 11 is 0. The summed E-state index contributed by atoms with van der Waals surface area (Å²) < 4.78 is 43.0. The van der Waals surface area contributed by atoms with Crippen LogP contribution in [0.15, 0.2) is 108 Å². The maximum Gasteiger partial charge on any atom is 0.265 e. The predicted octanol–water partition coefficient (Wildman–Crippen LogP) is 6.40. The first-order valence-corrected chi connectivity index (χ1v) is 13.7. The molecular weight excluding hydrogens is 482 g/mol. The van der Waals surface area contributed by atoms with Crippen molar-refractivity contribution in [3.05, 3.63) is 125 Å². The van der Waals surface area contributed by atoms with E-state index >= 15 is 0 Å². The zero-order valence-corrected chi connectivity index (χ0v) is 21.5. The van der Waals surface area contributed by atoms with E-state index in [9.17, 15) is 8.42 Å². The van der Waals surface area contributed by atoms with Crippen molar-refractivity contribution in [1.29, 1.82) is 0 Å². The summed E-state index contributed by atoms with van der Waals surface area (Å²) in [6, 6.07) is 32.2. The zero-order valence-electron chi connectivity index (χ0n) is 20.7. The van der Waals surface area contributed by atoms with Gasteiger partial charge in [0.1, 0.15) is 5.75 Å². The molecule has 2 heterocycles. The van der Waals surface area contributed by atoms with Gasteiger partial charge in [0.2, 0.25) is 0 Å². The standard InChI is InChI=1S/C31H27NO4S/c1-22-16-18-26(19-17-22)37(33,34)32-21-23(2)35-31(25-11-4-3-5-12-25)28(27-13-7-8-14-29(27)32)20-24-10-6-9-15-30(24)36-31/h3-20,23H,21H2,1-2H3/t23-,31-/m1/s1. The first kappa shape index (κ1) is 23.5. The van der Waals surface area contributed by atoms with Crippen LogP contribution < -0.4 is 9.04 Å². The topological polar surface area (TPSA) is 55.8 Å². The number of hydrogen-bond donors (Lipinski definition) is 0. The van der Waals surface area contributed by atoms with Gasteiger partial charge in [0.05, 0.1) is 23.2 Å². The van der Waals surface area contributed by atoms with Gasteiger partial charge in [0.25, 0.3) is 15.8 Å². The normalized spacial score (nSPS) is 20.9. The lowest BCUT2D eigenvalue weighted by atomic mass is 9.86. The third-order valence-corrected chi connectivity index (χ3v) is 8.64. The lowest BCUT2D eigenvalue weighted by Gasteiger charge is -2.45. The minimum atomic E-state index is -3.86. The minimum absolute atomic E-state index is 0.125. The molecule has 6 rings (SSSR count). The van der Waals surface area contributed by atoms with E-state index in [2.05, 4.69) is 6.08 Å². The van der Waals surface area contributed by atoms with Crippen molar-refractivity contribution in [2.24, 2.45) is 0 Å². The molecule has 0 radical (unpaired) electrons. The van der Waals surface area contributed by atoms with E-state index < -0.39 is 21.9 Å². The summed E-state index contributed by atoms with van der Waals surface area (Å²) in [4.78, 5) is 0.245. The summed E-state index contributed by atoms with van der Waals surface area (Å²) in [5, 5.41) is 0. The highest BCUT2D eigenvalue weighted by atomic mass is 32.2. The molecule has 0 spiro atoms. The average Bonchev–Trinajstić information content (AvgIpc) is 2.91. The van der Waals surface area contributed by atoms with Crippen LogP contribution in [0.5, 0.6) is 5.75 Å². The van der Waals surface area contributed by atoms with E-state index in [1.165, 1.54) is 4.31 Å². The molecular formula is C31H27NO4S. The Bertz CT molecular complexity index is 1600. The zero-order chi connectivity index (χ0) is 25.6. The first-order chi connectivity index (χ1) is 17.9. The number of hydrogen-bond acceptors (Lipinski definition) is 4. The summed E-state index contributed by atoms with van der Waals surface area (Å²) in [7, 11) is -3.86. The van der Waals surface area contributed by atoms with Gasteiger partial charge in [-0.05, 0) is 44.2 Å². The smallest absolute Gasteiger partial charge is 0.265 e. The number of aryl methyl sites for hydroxylation is 1. The van der Waals surface area contributed by atoms with Gasteiger partial charge in [-0.1, -0.05) is 84.4 Å². The molecule has 2 aliphatic heterocycles. The molecule has 0 bridgehead atoms. The Hall–Kier alpha value is -3.87. The van der Waals surface area contributed by atoms with E-state index in [0.29, 0.717) is 11.4 Å². The van der Waals surface area contributed by atoms with Crippen LogP contribution in [-0.2, 0) is 20.5 Å². The molecule has 0 amide bonds. The number of anilines is 1. The van der Waals surface area contributed by atoms with Crippen molar-refractivity contribution in [3.63, 3.8) is 0 Å². The van der Waals surface area contributed by atoms with Gasteiger partial charge in [0, 0.05) is 22.3 Å². The number of fused-ring (bicyclic) bond motifs is 4. The molecule has 4 aromatic rings. The number of ether oxygens (including phenoxy) is 2. The Morgan fingerprint density at radius 1 is 0.838 bits per heavy atom. The fourth-order valence-electron chi connectivity index (χ4n) is 5.07. The lowest BCUT2D eigenvalue weighted by Crippen LogP contribution is -2.48. The van der Waals surface area contributed by atoms with Crippen LogP contribution in [0.25, 0.3) is 11.6 Å². The van der Waals surface area contributed by atoms with Gasteiger partial charge in [-0.25, -0.2) is 8.42 Å². The van der Waals surface area contributed by atoms with Crippen LogP contribution in [0.3, 0.4) is 0 Å². The Kier molecular flexibility index (Phi) is 5.66. The number of sulfonamides is 1. The molecule has 0 saturated heterocycles. The molecule has 186 valence electrons. The van der Waals surface area contributed by atoms with Gasteiger partial charge in [-0.2, -0.15) is 0 Å². The molecule has 2 atom stereocenters. The third-order valence-electron chi connectivity index (χ3n) is 6.84. The molecule has 2 aliphatic rings. The van der Waals surface area contributed by atoms with E-state index in [4.69, 9.17) is 9.47 Å². The van der Waals surface area contributed by atoms with Gasteiger partial charge in [-0.15, -0.1) is 0 Å². The quantitative estimate of drug-likeness (QED) is 0.321. The fourth-order valence-corrected chi connectivity index (χ4v) is 6.63. The van der Waals surface area contributed by atoms with E-state index in [0.717, 1.165) is 27.8 Å². The summed E-state index contributed by atoms with van der Waals surface area (Å²) in [5.74, 6) is -0.533. The number of benzene rings is 4. The molecule has 6 heteroatoms. The molecule has 0 unspecified atom stereocenters. The van der Waals surface area contributed by atoms with Crippen LogP contribution in [0.1, 0.15) is 29.2 Å². The first-order valence-electron chi connectivity index (χ1n) is 12.3. The summed E-state index contributed by atoms with van der Waals surface area (Å²) in [6.45, 7) is 3.95. The highest BCUT2D eigenvalue weighted by molar-refractivity contribution is 7.92. The summed E-state index contributed by atoms with van der Waals surface area (Å²) in [5.41, 5.74) is 4.83. The number of rotatable bonds is 3. The van der Waals surface area contributed by atoms with Gasteiger partial charge in [0.15, 0.2) is 0 Å². The van der Waals surface area contributed by atoms with Gasteiger partial charge in [-0.3, -0.25) is 4.31 Å². The van der Waals surface area contributed by atoms with Crippen LogP contribution in [0.4, 0.5) is 5.69 Å². The van der Waals surface area contributed by atoms with Crippen LogP contribution in [-0.4, -0.2) is 21.1 Å². The molecule has 0 saturated carbocycles. The van der Waals surface area contributed by atoms with Crippen LogP contribution >= 0.6 is 0 Å². The second kappa shape index (κ2) is 8.91. The van der Waals surface area contributed by atoms with Gasteiger partial charge < -0.3 is 9.47 Å². The highest BCUT2D eigenvalue weighted by Crippen LogP contribution is 2.51. The van der Waals surface area contributed by atoms with Crippen LogP contribution in [0, 0.1) is 6.92 Å². The number of nitrogens with zero attached hydrogens (tertiary/aromatic N) is 1. The highest BCUT2D eigenvalue weighted by Gasteiger charge is 2.48. The molecule has 0 aromatic heterocycles. The Labute approximate surface area is 217 Å². The van der Waals surface area contributed by atoms with Crippen molar-refractivity contribution in [3.8, 4) is 5.75 Å². The maximum atomic E-state index is 14.0. The fraction of sp³-hybridized carbons (Fsp3) is 0.161. The second-order valence-corrected chi connectivity index (χ2v) is 11.3. The average molecular weight is 510 g/mol. The largest absolute Gasteiger partial charge is 0.453 e. The van der Waals surface area contributed by atoms with Crippen molar-refractivity contribution in [1.82, 2.24) is 0 Å². The van der Waals surface area contributed by atoms with E-state index in [1.807, 2.05) is 105 Å². The SMILES string of the molecule is Cc1ccc(S(=O)(=O)N2C[C@@H](C)O[C@]3(c4ccccc4)Oc4ccccc4C=C3c3ccccc32)cc1. The monoisotopic (exact) mass is 509 g/mol. The minimum Gasteiger partial charge on any atom is -0.453 e. The Balaban J connectivity index is 1.62. The Morgan fingerprint density at radius 3 is 2.30 bits per heavy atom. The van der Waals surface area contributed by atoms with E-state index in [-0.39, 0.29) is 11.4 Å². The molecule has 4 aromatic carbocycles. The molecule has 37 heavy (non-hydrogen) atoms. The summed E-state index contributed by atoms with van der Waals surface area (Å²) in [6.07, 6.45) is 1.56. The molecule has 5 nitrogen and oxygen atoms in total. The van der Waals surface area contributed by atoms with Crippen molar-refractivity contribution < 1.29 is 17.9 Å².